The highest BCUT2D eigenvalue weighted by Crippen LogP contribution is 2.21. The number of ether oxygens (including phenoxy) is 1. The van der Waals surface area contributed by atoms with E-state index in [1.54, 1.807) is 12.1 Å². The first-order valence-corrected chi connectivity index (χ1v) is 8.52. The van der Waals surface area contributed by atoms with Crippen LogP contribution in [0.3, 0.4) is 0 Å². The molecule has 0 unspecified atom stereocenters. The Labute approximate surface area is 128 Å². The van der Waals surface area contributed by atoms with E-state index in [2.05, 4.69) is 4.90 Å². The minimum Gasteiger partial charge on any atom is -0.375 e. The van der Waals surface area contributed by atoms with Crippen LogP contribution in [-0.2, 0) is 14.8 Å². The topological polar surface area (TPSA) is 72.6 Å². The van der Waals surface area contributed by atoms with E-state index in [1.165, 1.54) is 6.07 Å². The van der Waals surface area contributed by atoms with Crippen molar-refractivity contribution in [1.29, 1.82) is 0 Å². The van der Waals surface area contributed by atoms with Gasteiger partial charge in [-0.15, -0.1) is 0 Å². The molecule has 5 nitrogen and oxygen atoms in total. The van der Waals surface area contributed by atoms with Crippen LogP contribution < -0.4 is 5.14 Å². The first-order valence-electron chi connectivity index (χ1n) is 6.97. The average Bonchev–Trinajstić information content (AvgIpc) is 2.35. The predicted molar refractivity (Wildman–Crippen MR) is 84.6 cm³/mol. The van der Waals surface area contributed by atoms with E-state index in [4.69, 9.17) is 9.88 Å². The third kappa shape index (κ3) is 6.13. The summed E-state index contributed by atoms with van der Waals surface area (Å²) >= 11 is 0. The van der Waals surface area contributed by atoms with Crippen LogP contribution in [0.4, 0.5) is 0 Å². The summed E-state index contributed by atoms with van der Waals surface area (Å²) in [6, 6.07) is 6.83. The zero-order valence-electron chi connectivity index (χ0n) is 13.5. The SMILES string of the molecule is C[C@H](c1cccc(S(N)(=O)=O)c1)N(C)CCOC(C)(C)C. The standard InChI is InChI=1S/C15H26N2O3S/c1-12(17(5)9-10-20-15(2,3)4)13-7-6-8-14(11-13)21(16,18)19/h6-8,11-12H,9-10H2,1-5H3,(H2,16,18,19)/t12-/m1/s1. The van der Waals surface area contributed by atoms with Gasteiger partial charge in [0, 0.05) is 12.6 Å². The molecule has 0 saturated heterocycles. The molecule has 0 radical (unpaired) electrons. The van der Waals surface area contributed by atoms with E-state index in [0.717, 1.165) is 12.1 Å². The largest absolute Gasteiger partial charge is 0.375 e. The first-order chi connectivity index (χ1) is 9.50. The summed E-state index contributed by atoms with van der Waals surface area (Å²) in [6.07, 6.45) is 0. The maximum absolute atomic E-state index is 11.4. The van der Waals surface area contributed by atoms with Gasteiger partial charge in [0.2, 0.25) is 10.0 Å². The van der Waals surface area contributed by atoms with Crippen molar-refractivity contribution in [2.75, 3.05) is 20.2 Å². The molecular formula is C15H26N2O3S. The van der Waals surface area contributed by atoms with Gasteiger partial charge >= 0.3 is 0 Å². The van der Waals surface area contributed by atoms with Gasteiger partial charge in [-0.2, -0.15) is 0 Å². The van der Waals surface area contributed by atoms with Gasteiger partial charge in [-0.25, -0.2) is 13.6 Å². The fourth-order valence-electron chi connectivity index (χ4n) is 1.90. The number of hydrogen-bond acceptors (Lipinski definition) is 4. The molecule has 6 heteroatoms. The van der Waals surface area contributed by atoms with E-state index in [1.807, 2.05) is 40.8 Å². The van der Waals surface area contributed by atoms with Crippen molar-refractivity contribution < 1.29 is 13.2 Å². The van der Waals surface area contributed by atoms with Crippen LogP contribution in [0.5, 0.6) is 0 Å². The molecule has 0 saturated carbocycles. The highest BCUT2D eigenvalue weighted by atomic mass is 32.2. The Bertz CT molecular complexity index is 565. The van der Waals surface area contributed by atoms with Crippen LogP contribution in [0.2, 0.25) is 0 Å². The lowest BCUT2D eigenvalue weighted by atomic mass is 10.1. The second-order valence-electron chi connectivity index (χ2n) is 6.23. The van der Waals surface area contributed by atoms with Gasteiger partial charge in [0.1, 0.15) is 0 Å². The average molecular weight is 314 g/mol. The van der Waals surface area contributed by atoms with Gasteiger partial charge in [-0.1, -0.05) is 12.1 Å². The van der Waals surface area contributed by atoms with Gasteiger partial charge in [0.25, 0.3) is 0 Å². The van der Waals surface area contributed by atoms with Crippen LogP contribution >= 0.6 is 0 Å². The van der Waals surface area contributed by atoms with Crippen LogP contribution in [-0.4, -0.2) is 39.1 Å². The minimum absolute atomic E-state index is 0.0790. The molecule has 1 aromatic rings. The van der Waals surface area contributed by atoms with Gasteiger partial charge in [-0.3, -0.25) is 4.90 Å². The molecule has 0 bridgehead atoms. The normalized spacial score (nSPS) is 14.4. The molecule has 1 aromatic carbocycles. The molecule has 0 amide bonds. The van der Waals surface area contributed by atoms with Gasteiger partial charge in [-0.05, 0) is 52.4 Å². The van der Waals surface area contributed by atoms with E-state index in [9.17, 15) is 8.42 Å². The second kappa shape index (κ2) is 6.87. The molecular weight excluding hydrogens is 288 g/mol. The summed E-state index contributed by atoms with van der Waals surface area (Å²) in [7, 11) is -1.68. The number of rotatable bonds is 6. The lowest BCUT2D eigenvalue weighted by molar-refractivity contribution is -0.0139. The second-order valence-corrected chi connectivity index (χ2v) is 7.80. The molecule has 0 aromatic heterocycles. The summed E-state index contributed by atoms with van der Waals surface area (Å²) in [6.45, 7) is 9.47. The van der Waals surface area contributed by atoms with E-state index < -0.39 is 10.0 Å². The molecule has 2 N–H and O–H groups in total. The molecule has 0 aliphatic carbocycles. The number of nitrogens with zero attached hydrogens (tertiary/aromatic N) is 1. The van der Waals surface area contributed by atoms with Crippen LogP contribution in [0.15, 0.2) is 29.2 Å². The third-order valence-electron chi connectivity index (χ3n) is 3.31. The Balaban J connectivity index is 2.72. The Hall–Kier alpha value is -0.950. The van der Waals surface area contributed by atoms with Crippen molar-refractivity contribution in [2.45, 2.75) is 44.2 Å². The number of primary sulfonamides is 1. The maximum atomic E-state index is 11.4. The van der Waals surface area contributed by atoms with E-state index in [-0.39, 0.29) is 16.5 Å². The number of likely N-dealkylation sites (N-methyl/N-ethyl adjacent to an activating group) is 1. The van der Waals surface area contributed by atoms with Crippen LogP contribution in [0.1, 0.15) is 39.3 Å². The van der Waals surface area contributed by atoms with Gasteiger partial charge < -0.3 is 4.74 Å². The van der Waals surface area contributed by atoms with Crippen molar-refractivity contribution >= 4 is 10.0 Å². The molecule has 0 heterocycles. The van der Waals surface area contributed by atoms with E-state index in [0.29, 0.717) is 6.61 Å². The molecule has 21 heavy (non-hydrogen) atoms. The highest BCUT2D eigenvalue weighted by Gasteiger charge is 2.16. The van der Waals surface area contributed by atoms with Crippen molar-refractivity contribution in [3.8, 4) is 0 Å². The first kappa shape index (κ1) is 18.1. The van der Waals surface area contributed by atoms with Crippen molar-refractivity contribution in [3.63, 3.8) is 0 Å². The summed E-state index contributed by atoms with van der Waals surface area (Å²) < 4.78 is 28.5. The Kier molecular flexibility index (Phi) is 5.92. The van der Waals surface area contributed by atoms with Crippen LogP contribution in [0.25, 0.3) is 0 Å². The molecule has 1 atom stereocenters. The summed E-state index contributed by atoms with van der Waals surface area (Å²) in [5, 5.41) is 5.17. The number of hydrogen-bond donors (Lipinski definition) is 1. The number of nitrogens with two attached hydrogens (primary N) is 1. The van der Waals surface area contributed by atoms with Crippen LogP contribution in [0, 0.1) is 0 Å². The summed E-state index contributed by atoms with van der Waals surface area (Å²) in [5.41, 5.74) is 0.761. The zero-order valence-corrected chi connectivity index (χ0v) is 14.3. The smallest absolute Gasteiger partial charge is 0.238 e. The zero-order chi connectivity index (χ0) is 16.3. The maximum Gasteiger partial charge on any atom is 0.238 e. The number of sulfonamides is 1. The van der Waals surface area contributed by atoms with Gasteiger partial charge in [0.15, 0.2) is 0 Å². The van der Waals surface area contributed by atoms with Crippen molar-refractivity contribution in [2.24, 2.45) is 5.14 Å². The molecule has 0 aliphatic rings. The van der Waals surface area contributed by atoms with Gasteiger partial charge in [0.05, 0.1) is 17.1 Å². The van der Waals surface area contributed by atoms with Crippen molar-refractivity contribution in [1.82, 2.24) is 4.90 Å². The lowest BCUT2D eigenvalue weighted by Gasteiger charge is -2.27. The summed E-state index contributed by atoms with van der Waals surface area (Å²) in [4.78, 5) is 2.26. The molecule has 120 valence electrons. The lowest BCUT2D eigenvalue weighted by Crippen LogP contribution is -2.30. The monoisotopic (exact) mass is 314 g/mol. The van der Waals surface area contributed by atoms with E-state index >= 15 is 0 Å². The minimum atomic E-state index is -3.66. The molecule has 0 aliphatic heterocycles. The predicted octanol–water partition coefficient (Wildman–Crippen LogP) is 2.14. The molecule has 0 fully saturated rings. The Morgan fingerprint density at radius 2 is 1.95 bits per heavy atom. The molecule has 0 spiro atoms. The molecule has 1 rings (SSSR count). The summed E-state index contributed by atoms with van der Waals surface area (Å²) in [5.74, 6) is 0. The fraction of sp³-hybridized carbons (Fsp3) is 0.600. The Morgan fingerprint density at radius 3 is 2.48 bits per heavy atom. The fourth-order valence-corrected chi connectivity index (χ4v) is 2.46. The third-order valence-corrected chi connectivity index (χ3v) is 4.22. The number of benzene rings is 1. The van der Waals surface area contributed by atoms with Crippen molar-refractivity contribution in [3.05, 3.63) is 29.8 Å². The Morgan fingerprint density at radius 1 is 1.33 bits per heavy atom. The highest BCUT2D eigenvalue weighted by molar-refractivity contribution is 7.89. The quantitative estimate of drug-likeness (QED) is 0.873.